The van der Waals surface area contributed by atoms with E-state index in [1.165, 1.54) is 11.2 Å². The number of aryl methyl sites for hydroxylation is 1. The molecule has 0 unspecified atom stereocenters. The lowest BCUT2D eigenvalue weighted by molar-refractivity contribution is -0.142. The van der Waals surface area contributed by atoms with Gasteiger partial charge in [-0.2, -0.15) is 0 Å². The third-order valence-corrected chi connectivity index (χ3v) is 6.11. The Morgan fingerprint density at radius 2 is 1.92 bits per heavy atom. The molecule has 2 aliphatic rings. The second kappa shape index (κ2) is 9.10. The molecule has 2 atom stereocenters. The second-order valence-corrected chi connectivity index (χ2v) is 8.52. The number of methoxy groups -OCH3 is 1. The fourth-order valence-electron chi connectivity index (χ4n) is 4.30. The van der Waals surface area contributed by atoms with Crippen LogP contribution in [0.2, 0.25) is 0 Å². The summed E-state index contributed by atoms with van der Waals surface area (Å²) < 4.78 is 60.2. The minimum absolute atomic E-state index is 0.0282. The quantitative estimate of drug-likeness (QED) is 0.390. The predicted octanol–water partition coefficient (Wildman–Crippen LogP) is 4.59. The Labute approximate surface area is 205 Å². The number of carbonyl (C=O) groups excluding carboxylic acids is 1. The van der Waals surface area contributed by atoms with E-state index in [-0.39, 0.29) is 23.6 Å². The summed E-state index contributed by atoms with van der Waals surface area (Å²) in [4.78, 5) is 19.1. The van der Waals surface area contributed by atoms with Gasteiger partial charge in [0.1, 0.15) is 30.8 Å². The van der Waals surface area contributed by atoms with E-state index < -0.39 is 35.5 Å². The molecule has 1 aromatic heterocycles. The summed E-state index contributed by atoms with van der Waals surface area (Å²) in [5.41, 5.74) is 2.34. The van der Waals surface area contributed by atoms with Gasteiger partial charge in [0.15, 0.2) is 23.2 Å². The van der Waals surface area contributed by atoms with E-state index >= 15 is 0 Å². The number of amides is 1. The molecule has 0 N–H and O–H groups in total. The number of aromatic nitrogens is 2. The Morgan fingerprint density at radius 3 is 2.58 bits per heavy atom. The number of hydrogen-bond donors (Lipinski definition) is 0. The van der Waals surface area contributed by atoms with Gasteiger partial charge >= 0.3 is 0 Å². The molecule has 2 aliphatic heterocycles. The number of halogens is 3. The van der Waals surface area contributed by atoms with Crippen molar-refractivity contribution in [1.82, 2.24) is 14.5 Å². The molecule has 1 amide bonds. The molecule has 1 fully saturated rings. The first kappa shape index (κ1) is 23.5. The molecular weight excluding hydrogens is 475 g/mol. The smallest absolute Gasteiger partial charge is 0.293 e. The molecule has 186 valence electrons. The van der Waals surface area contributed by atoms with E-state index in [2.05, 4.69) is 4.98 Å². The van der Waals surface area contributed by atoms with Crippen LogP contribution in [0.5, 0.6) is 5.75 Å². The van der Waals surface area contributed by atoms with Gasteiger partial charge in [-0.25, -0.2) is 18.2 Å². The Balaban J connectivity index is 1.51. The zero-order valence-corrected chi connectivity index (χ0v) is 19.7. The largest absolute Gasteiger partial charge is 0.497 e. The molecule has 1 saturated heterocycles. The van der Waals surface area contributed by atoms with Crippen LogP contribution in [0, 0.1) is 24.4 Å². The summed E-state index contributed by atoms with van der Waals surface area (Å²) in [5, 5.41) is 0. The van der Waals surface area contributed by atoms with Crippen molar-refractivity contribution in [3.63, 3.8) is 0 Å². The summed E-state index contributed by atoms with van der Waals surface area (Å²) in [7, 11) is 1.54. The number of fused-ring (bicyclic) bond motifs is 1. The number of ether oxygens (including phenoxy) is 3. The number of benzene rings is 2. The van der Waals surface area contributed by atoms with Crippen molar-refractivity contribution in [3.05, 3.63) is 89.1 Å². The van der Waals surface area contributed by atoms with Crippen LogP contribution in [0.4, 0.5) is 13.2 Å². The normalized spacial score (nSPS) is 20.5. The average molecular weight is 497 g/mol. The highest BCUT2D eigenvalue weighted by Crippen LogP contribution is 2.36. The van der Waals surface area contributed by atoms with Gasteiger partial charge < -0.3 is 18.8 Å². The fourth-order valence-corrected chi connectivity index (χ4v) is 4.30. The van der Waals surface area contributed by atoms with Crippen LogP contribution in [0.25, 0.3) is 17.5 Å². The lowest BCUT2D eigenvalue weighted by atomic mass is 10.0. The van der Waals surface area contributed by atoms with E-state index in [4.69, 9.17) is 14.2 Å². The Bertz CT molecular complexity index is 1390. The third kappa shape index (κ3) is 4.08. The zero-order chi connectivity index (χ0) is 25.6. The van der Waals surface area contributed by atoms with Crippen molar-refractivity contribution in [2.75, 3.05) is 13.7 Å². The Hall–Kier alpha value is -4.21. The number of hydrogen-bond acceptors (Lipinski definition) is 5. The molecule has 10 heteroatoms. The monoisotopic (exact) mass is 497 g/mol. The molecule has 0 radical (unpaired) electrons. The minimum Gasteiger partial charge on any atom is -0.497 e. The maximum atomic E-state index is 13.9. The zero-order valence-electron chi connectivity index (χ0n) is 19.7. The van der Waals surface area contributed by atoms with Crippen LogP contribution in [0.1, 0.15) is 23.7 Å². The maximum absolute atomic E-state index is 13.9. The maximum Gasteiger partial charge on any atom is 0.293 e. The highest BCUT2D eigenvalue weighted by Gasteiger charge is 2.43. The first-order valence-corrected chi connectivity index (χ1v) is 11.1. The van der Waals surface area contributed by atoms with E-state index in [1.54, 1.807) is 38.6 Å². The highest BCUT2D eigenvalue weighted by atomic mass is 19.2. The summed E-state index contributed by atoms with van der Waals surface area (Å²) in [6, 6.07) is 6.49. The molecule has 0 aliphatic carbocycles. The van der Waals surface area contributed by atoms with Gasteiger partial charge in [0.2, 0.25) is 0 Å². The van der Waals surface area contributed by atoms with Crippen molar-refractivity contribution < 1.29 is 32.2 Å². The first-order chi connectivity index (χ1) is 17.3. The van der Waals surface area contributed by atoms with Crippen LogP contribution >= 0.6 is 0 Å². The molecule has 7 nitrogen and oxygen atoms in total. The van der Waals surface area contributed by atoms with Gasteiger partial charge in [0, 0.05) is 11.8 Å². The van der Waals surface area contributed by atoms with Crippen LogP contribution in [-0.4, -0.2) is 46.2 Å². The SMILES string of the molecule is COc1cc(C=C2O[C@@H](C)[C@H]3COC=C(c4cc(F)c(F)c(F)c4)N3C2=O)ccc1-n1cnc(C)c1. The van der Waals surface area contributed by atoms with Crippen molar-refractivity contribution in [1.29, 1.82) is 0 Å². The van der Waals surface area contributed by atoms with Gasteiger partial charge in [-0.3, -0.25) is 9.69 Å². The molecule has 0 saturated carbocycles. The second-order valence-electron chi connectivity index (χ2n) is 8.52. The lowest BCUT2D eigenvalue weighted by Gasteiger charge is -2.43. The van der Waals surface area contributed by atoms with Crippen LogP contribution in [-0.2, 0) is 14.3 Å². The summed E-state index contributed by atoms with van der Waals surface area (Å²) in [6.07, 6.45) is 5.84. The summed E-state index contributed by atoms with van der Waals surface area (Å²) >= 11 is 0. The molecule has 3 heterocycles. The molecule has 0 spiro atoms. The van der Waals surface area contributed by atoms with Gasteiger partial charge in [-0.05, 0) is 49.8 Å². The van der Waals surface area contributed by atoms with Crippen molar-refractivity contribution in [3.8, 4) is 11.4 Å². The Kier molecular flexibility index (Phi) is 5.95. The summed E-state index contributed by atoms with van der Waals surface area (Å²) in [6.45, 7) is 3.77. The number of nitrogens with zero attached hydrogens (tertiary/aromatic N) is 3. The summed E-state index contributed by atoms with van der Waals surface area (Å²) in [5.74, 6) is -4.25. The van der Waals surface area contributed by atoms with Gasteiger partial charge in [-0.15, -0.1) is 0 Å². The minimum atomic E-state index is -1.59. The van der Waals surface area contributed by atoms with Crippen molar-refractivity contribution in [2.24, 2.45) is 0 Å². The molecule has 5 rings (SSSR count). The first-order valence-electron chi connectivity index (χ1n) is 11.1. The number of carbonyl (C=O) groups is 1. The lowest BCUT2D eigenvalue weighted by Crippen LogP contribution is -2.54. The number of morpholine rings is 1. The Morgan fingerprint density at radius 1 is 1.17 bits per heavy atom. The van der Waals surface area contributed by atoms with E-state index in [0.29, 0.717) is 11.3 Å². The number of imidazole rings is 1. The van der Waals surface area contributed by atoms with Crippen molar-refractivity contribution in [2.45, 2.75) is 26.0 Å². The highest BCUT2D eigenvalue weighted by molar-refractivity contribution is 6.02. The number of rotatable bonds is 4. The topological polar surface area (TPSA) is 65.8 Å². The predicted molar refractivity (Wildman–Crippen MR) is 124 cm³/mol. The standard InChI is InChI=1S/C26H22F3N3O4/c1-14-10-31(13-30-14)20-5-4-16(6-23(20)34-3)7-24-26(33)32-21(15(2)36-24)11-35-12-22(32)17-8-18(27)25(29)19(28)9-17/h4-10,12-13,15,21H,11H2,1-3H3/t15-,21+/m0/s1. The molecular formula is C26H22F3N3O4. The van der Waals surface area contributed by atoms with E-state index in [1.807, 2.05) is 23.8 Å². The van der Waals surface area contributed by atoms with Gasteiger partial charge in [-0.1, -0.05) is 6.07 Å². The molecule has 2 aromatic carbocycles. The van der Waals surface area contributed by atoms with Crippen LogP contribution in [0.3, 0.4) is 0 Å². The van der Waals surface area contributed by atoms with Gasteiger partial charge in [0.05, 0.1) is 30.5 Å². The van der Waals surface area contributed by atoms with Crippen LogP contribution < -0.4 is 4.74 Å². The van der Waals surface area contributed by atoms with Gasteiger partial charge in [0.25, 0.3) is 5.91 Å². The fraction of sp³-hybridized carbons (Fsp3) is 0.231. The third-order valence-electron chi connectivity index (χ3n) is 6.11. The molecule has 3 aromatic rings. The van der Waals surface area contributed by atoms with E-state index in [0.717, 1.165) is 23.5 Å². The van der Waals surface area contributed by atoms with E-state index in [9.17, 15) is 18.0 Å². The van der Waals surface area contributed by atoms with Crippen LogP contribution in [0.15, 0.2) is 54.9 Å². The molecule has 0 bridgehead atoms. The van der Waals surface area contributed by atoms with Crippen molar-refractivity contribution >= 4 is 17.7 Å². The average Bonchev–Trinajstić information content (AvgIpc) is 3.30. The molecule has 36 heavy (non-hydrogen) atoms.